The van der Waals surface area contributed by atoms with Gasteiger partial charge in [0.2, 0.25) is 0 Å². The molecule has 0 unspecified atom stereocenters. The minimum Gasteiger partial charge on any atom is -0.444 e. The molecule has 21 heavy (non-hydrogen) atoms. The predicted octanol–water partition coefficient (Wildman–Crippen LogP) is 3.99. The summed E-state index contributed by atoms with van der Waals surface area (Å²) in [6, 6.07) is 10.0. The van der Waals surface area contributed by atoms with Gasteiger partial charge in [0.05, 0.1) is 12.1 Å². The number of benzene rings is 1. The van der Waals surface area contributed by atoms with Gasteiger partial charge in [-0.3, -0.25) is 4.98 Å². The minimum absolute atomic E-state index is 0.293. The van der Waals surface area contributed by atoms with Crippen LogP contribution in [0.3, 0.4) is 0 Å². The van der Waals surface area contributed by atoms with Gasteiger partial charge in [0.1, 0.15) is 5.60 Å². The molecule has 2 rings (SSSR count). The minimum atomic E-state index is -0.480. The number of carbonyl (C=O) groups is 1. The van der Waals surface area contributed by atoms with Crippen LogP contribution in [0, 0.1) is 0 Å². The van der Waals surface area contributed by atoms with Crippen LogP contribution in [0.4, 0.5) is 4.79 Å². The summed E-state index contributed by atoms with van der Waals surface area (Å²) in [4.78, 5) is 18.2. The molecule has 0 atom stereocenters. The Balaban J connectivity index is 2.14. The maximum atomic E-state index is 12.1. The number of para-hydroxylation sites is 1. The van der Waals surface area contributed by atoms with E-state index in [2.05, 4.69) is 11.1 Å². The summed E-state index contributed by atoms with van der Waals surface area (Å²) in [6.45, 7) is 8.66. The summed E-state index contributed by atoms with van der Waals surface area (Å²) in [6.07, 6.45) is 1.52. The Morgan fingerprint density at radius 3 is 2.67 bits per heavy atom. The van der Waals surface area contributed by atoms with Crippen LogP contribution in [-0.4, -0.2) is 28.1 Å². The van der Waals surface area contributed by atoms with Crippen molar-refractivity contribution in [3.63, 3.8) is 0 Å². The highest BCUT2D eigenvalue weighted by atomic mass is 16.6. The fraction of sp³-hybridized carbons (Fsp3) is 0.412. The van der Waals surface area contributed by atoms with E-state index in [1.165, 1.54) is 0 Å². The topological polar surface area (TPSA) is 42.4 Å². The summed E-state index contributed by atoms with van der Waals surface area (Å²) < 4.78 is 5.42. The van der Waals surface area contributed by atoms with Gasteiger partial charge in [-0.15, -0.1) is 0 Å². The SMILES string of the molecule is CCN(Cc1cnc2ccccc2c1)C(=O)OC(C)(C)C. The number of ether oxygens (including phenoxy) is 1. The van der Waals surface area contributed by atoms with Crippen LogP contribution < -0.4 is 0 Å². The Labute approximate surface area is 125 Å². The van der Waals surface area contributed by atoms with Crippen molar-refractivity contribution in [1.29, 1.82) is 0 Å². The highest BCUT2D eigenvalue weighted by Crippen LogP contribution is 2.16. The Morgan fingerprint density at radius 1 is 1.29 bits per heavy atom. The quantitative estimate of drug-likeness (QED) is 0.856. The highest BCUT2D eigenvalue weighted by Gasteiger charge is 2.21. The number of aromatic nitrogens is 1. The van der Waals surface area contributed by atoms with E-state index >= 15 is 0 Å². The summed E-state index contributed by atoms with van der Waals surface area (Å²) >= 11 is 0. The molecule has 0 N–H and O–H groups in total. The molecule has 4 heteroatoms. The monoisotopic (exact) mass is 286 g/mol. The van der Waals surface area contributed by atoms with Crippen LogP contribution in [0.2, 0.25) is 0 Å². The average molecular weight is 286 g/mol. The summed E-state index contributed by atoms with van der Waals surface area (Å²) in [7, 11) is 0. The van der Waals surface area contributed by atoms with Crippen molar-refractivity contribution < 1.29 is 9.53 Å². The number of hydrogen-bond donors (Lipinski definition) is 0. The van der Waals surface area contributed by atoms with Crippen molar-refractivity contribution in [3.05, 3.63) is 42.1 Å². The maximum absolute atomic E-state index is 12.1. The third-order valence-corrected chi connectivity index (χ3v) is 3.05. The number of rotatable bonds is 3. The van der Waals surface area contributed by atoms with Gasteiger partial charge in [-0.25, -0.2) is 4.79 Å². The van der Waals surface area contributed by atoms with Gasteiger partial charge >= 0.3 is 6.09 Å². The maximum Gasteiger partial charge on any atom is 0.410 e. The molecule has 0 aliphatic carbocycles. The van der Waals surface area contributed by atoms with E-state index in [9.17, 15) is 4.79 Å². The fourth-order valence-electron chi connectivity index (χ4n) is 2.06. The van der Waals surface area contributed by atoms with Crippen LogP contribution in [0.5, 0.6) is 0 Å². The first-order valence-electron chi connectivity index (χ1n) is 7.20. The van der Waals surface area contributed by atoms with Crippen LogP contribution in [0.15, 0.2) is 36.5 Å². The summed E-state index contributed by atoms with van der Waals surface area (Å²) in [5.41, 5.74) is 1.48. The van der Waals surface area contributed by atoms with E-state index < -0.39 is 5.60 Å². The van der Waals surface area contributed by atoms with Gasteiger partial charge < -0.3 is 9.64 Å². The second-order valence-electron chi connectivity index (χ2n) is 6.03. The zero-order chi connectivity index (χ0) is 15.5. The first-order valence-corrected chi connectivity index (χ1v) is 7.20. The van der Waals surface area contributed by atoms with Gasteiger partial charge in [0, 0.05) is 18.1 Å². The molecule has 1 amide bonds. The van der Waals surface area contributed by atoms with Crippen molar-refractivity contribution in [3.8, 4) is 0 Å². The molecular weight excluding hydrogens is 264 g/mol. The zero-order valence-corrected chi connectivity index (χ0v) is 13.1. The van der Waals surface area contributed by atoms with E-state index in [1.54, 1.807) is 4.90 Å². The lowest BCUT2D eigenvalue weighted by atomic mass is 10.1. The van der Waals surface area contributed by atoms with Crippen LogP contribution in [0.1, 0.15) is 33.3 Å². The Morgan fingerprint density at radius 2 is 2.00 bits per heavy atom. The molecule has 112 valence electrons. The molecule has 0 bridgehead atoms. The fourth-order valence-corrected chi connectivity index (χ4v) is 2.06. The van der Waals surface area contributed by atoms with Gasteiger partial charge in [-0.1, -0.05) is 18.2 Å². The lowest BCUT2D eigenvalue weighted by molar-refractivity contribution is 0.0244. The zero-order valence-electron chi connectivity index (χ0n) is 13.1. The largest absolute Gasteiger partial charge is 0.444 e. The summed E-state index contributed by atoms with van der Waals surface area (Å²) in [5, 5.41) is 1.08. The third-order valence-electron chi connectivity index (χ3n) is 3.05. The molecule has 2 aromatic rings. The molecule has 0 fully saturated rings. The van der Waals surface area contributed by atoms with Crippen molar-refractivity contribution >= 4 is 17.0 Å². The molecule has 0 aliphatic rings. The van der Waals surface area contributed by atoms with Crippen molar-refractivity contribution in [2.75, 3.05) is 6.54 Å². The first kappa shape index (κ1) is 15.3. The normalized spacial score (nSPS) is 11.4. The molecule has 0 saturated carbocycles. The number of carbonyl (C=O) groups excluding carboxylic acids is 1. The van der Waals surface area contributed by atoms with Gasteiger partial charge in [0.15, 0.2) is 0 Å². The van der Waals surface area contributed by atoms with Crippen LogP contribution in [0.25, 0.3) is 10.9 Å². The lowest BCUT2D eigenvalue weighted by Gasteiger charge is -2.26. The van der Waals surface area contributed by atoms with Gasteiger partial charge in [-0.2, -0.15) is 0 Å². The standard InChI is InChI=1S/C17H22N2O2/c1-5-19(16(20)21-17(2,3)4)12-13-10-14-8-6-7-9-15(14)18-11-13/h6-11H,5,12H2,1-4H3. The Kier molecular flexibility index (Phi) is 4.46. The number of fused-ring (bicyclic) bond motifs is 1. The molecule has 0 spiro atoms. The molecule has 0 saturated heterocycles. The van der Waals surface area contributed by atoms with E-state index in [4.69, 9.17) is 4.74 Å². The summed E-state index contributed by atoms with van der Waals surface area (Å²) in [5.74, 6) is 0. The number of amides is 1. The smallest absolute Gasteiger partial charge is 0.410 e. The first-order chi connectivity index (χ1) is 9.89. The lowest BCUT2D eigenvalue weighted by Crippen LogP contribution is -2.36. The van der Waals surface area contributed by atoms with Gasteiger partial charge in [-0.05, 0) is 45.4 Å². The number of nitrogens with zero attached hydrogens (tertiary/aromatic N) is 2. The highest BCUT2D eigenvalue weighted by molar-refractivity contribution is 5.78. The van der Waals surface area contributed by atoms with Gasteiger partial charge in [0.25, 0.3) is 0 Å². The van der Waals surface area contributed by atoms with E-state index in [0.29, 0.717) is 13.1 Å². The predicted molar refractivity (Wildman–Crippen MR) is 84.1 cm³/mol. The number of hydrogen-bond acceptors (Lipinski definition) is 3. The van der Waals surface area contributed by atoms with Crippen molar-refractivity contribution in [2.24, 2.45) is 0 Å². The molecular formula is C17H22N2O2. The molecule has 0 radical (unpaired) electrons. The second kappa shape index (κ2) is 6.12. The second-order valence-corrected chi connectivity index (χ2v) is 6.03. The Hall–Kier alpha value is -2.10. The molecule has 1 aromatic heterocycles. The Bertz CT molecular complexity index is 632. The number of pyridine rings is 1. The van der Waals surface area contributed by atoms with E-state index in [1.807, 2.05) is 58.2 Å². The van der Waals surface area contributed by atoms with Crippen LogP contribution >= 0.6 is 0 Å². The molecule has 0 aliphatic heterocycles. The van der Waals surface area contributed by atoms with Crippen molar-refractivity contribution in [1.82, 2.24) is 9.88 Å². The third kappa shape index (κ3) is 4.18. The van der Waals surface area contributed by atoms with Crippen LogP contribution in [-0.2, 0) is 11.3 Å². The average Bonchev–Trinajstić information content (AvgIpc) is 2.42. The van der Waals surface area contributed by atoms with E-state index in [-0.39, 0.29) is 6.09 Å². The molecule has 1 aromatic carbocycles. The molecule has 4 nitrogen and oxygen atoms in total. The molecule has 1 heterocycles. The van der Waals surface area contributed by atoms with Crippen molar-refractivity contribution in [2.45, 2.75) is 39.8 Å². The van der Waals surface area contributed by atoms with E-state index in [0.717, 1.165) is 16.5 Å².